The first-order chi connectivity index (χ1) is 9.67. The molecule has 4 nitrogen and oxygen atoms in total. The molecule has 0 aliphatic rings. The fraction of sp³-hybridized carbons (Fsp3) is 0.429. The van der Waals surface area contributed by atoms with Crippen LogP contribution >= 0.6 is 22.7 Å². The van der Waals surface area contributed by atoms with Crippen molar-refractivity contribution >= 4 is 27.6 Å². The van der Waals surface area contributed by atoms with Gasteiger partial charge in [-0.3, -0.25) is 4.40 Å². The van der Waals surface area contributed by atoms with Gasteiger partial charge < -0.3 is 5.32 Å². The highest BCUT2D eigenvalue weighted by molar-refractivity contribution is 7.15. The lowest BCUT2D eigenvalue weighted by molar-refractivity contribution is 0.550. The molecule has 0 aliphatic heterocycles. The molecule has 0 bridgehead atoms. The fourth-order valence-electron chi connectivity index (χ4n) is 2.46. The summed E-state index contributed by atoms with van der Waals surface area (Å²) in [5.41, 5.74) is 2.27. The quantitative estimate of drug-likeness (QED) is 0.786. The second-order valence-electron chi connectivity index (χ2n) is 4.82. The average molecular weight is 306 g/mol. The van der Waals surface area contributed by atoms with Crippen LogP contribution in [0.5, 0.6) is 0 Å². The summed E-state index contributed by atoms with van der Waals surface area (Å²) < 4.78 is 2.09. The van der Waals surface area contributed by atoms with Gasteiger partial charge in [0.25, 0.3) is 0 Å². The third-order valence-electron chi connectivity index (χ3n) is 3.26. The zero-order valence-corrected chi connectivity index (χ0v) is 13.5. The minimum Gasteiger partial charge on any atom is -0.309 e. The highest BCUT2D eigenvalue weighted by atomic mass is 32.1. The fourth-order valence-corrected chi connectivity index (χ4v) is 4.18. The van der Waals surface area contributed by atoms with Crippen LogP contribution < -0.4 is 5.32 Å². The molecule has 1 N–H and O–H groups in total. The van der Waals surface area contributed by atoms with E-state index in [4.69, 9.17) is 0 Å². The normalized spacial score (nSPS) is 13.2. The van der Waals surface area contributed by atoms with Gasteiger partial charge in [-0.1, -0.05) is 6.92 Å². The van der Waals surface area contributed by atoms with Crippen LogP contribution in [-0.4, -0.2) is 20.9 Å². The Labute approximate surface area is 126 Å². The summed E-state index contributed by atoms with van der Waals surface area (Å²) in [4.78, 5) is 11.6. The summed E-state index contributed by atoms with van der Waals surface area (Å²) in [7, 11) is 0. The maximum absolute atomic E-state index is 4.68. The van der Waals surface area contributed by atoms with Crippen LogP contribution in [0.2, 0.25) is 0 Å². The van der Waals surface area contributed by atoms with E-state index >= 15 is 0 Å². The smallest absolute Gasteiger partial charge is 0.193 e. The van der Waals surface area contributed by atoms with Crippen molar-refractivity contribution in [1.29, 1.82) is 0 Å². The number of hydrogen-bond acceptors (Lipinski definition) is 5. The van der Waals surface area contributed by atoms with E-state index in [1.807, 2.05) is 0 Å². The molecule has 1 unspecified atom stereocenters. The van der Waals surface area contributed by atoms with Gasteiger partial charge >= 0.3 is 0 Å². The summed E-state index contributed by atoms with van der Waals surface area (Å²) in [6.45, 7) is 7.25. The summed E-state index contributed by atoms with van der Waals surface area (Å²) in [6, 6.07) is 0.302. The largest absolute Gasteiger partial charge is 0.309 e. The number of thiazole rings is 2. The highest BCUT2D eigenvalue weighted by Crippen LogP contribution is 2.27. The second-order valence-corrected chi connectivity index (χ2v) is 6.93. The van der Waals surface area contributed by atoms with Gasteiger partial charge in [-0.05, 0) is 20.4 Å². The van der Waals surface area contributed by atoms with Crippen molar-refractivity contribution in [3.63, 3.8) is 0 Å². The van der Waals surface area contributed by atoms with Crippen molar-refractivity contribution in [2.45, 2.75) is 33.2 Å². The molecule has 3 aromatic rings. The van der Waals surface area contributed by atoms with E-state index < -0.39 is 0 Å². The van der Waals surface area contributed by atoms with Gasteiger partial charge in [0.1, 0.15) is 0 Å². The average Bonchev–Trinajstić information content (AvgIpc) is 3.03. The zero-order chi connectivity index (χ0) is 14.1. The Bertz CT molecular complexity index is 681. The molecule has 3 heterocycles. The van der Waals surface area contributed by atoms with Crippen molar-refractivity contribution < 1.29 is 0 Å². The molecule has 0 aromatic carbocycles. The van der Waals surface area contributed by atoms with E-state index in [-0.39, 0.29) is 0 Å². The van der Waals surface area contributed by atoms with Gasteiger partial charge in [-0.2, -0.15) is 0 Å². The van der Waals surface area contributed by atoms with Gasteiger partial charge in [0.15, 0.2) is 4.96 Å². The number of rotatable bonds is 5. The Kier molecular flexibility index (Phi) is 3.87. The van der Waals surface area contributed by atoms with Crippen LogP contribution in [0, 0.1) is 13.8 Å². The Balaban J connectivity index is 1.87. The van der Waals surface area contributed by atoms with Crippen LogP contribution in [0.4, 0.5) is 0 Å². The third kappa shape index (κ3) is 2.63. The standard InChI is InChI=1S/C14H18N4S2/c1-4-15-12(13-9(2)16-10(3)20-13)7-11-8-18-5-6-19-14(18)17-11/h5-6,8,12,15H,4,7H2,1-3H3. The third-order valence-corrected chi connectivity index (χ3v) is 5.22. The van der Waals surface area contributed by atoms with Crippen molar-refractivity contribution in [3.8, 4) is 0 Å². The van der Waals surface area contributed by atoms with Gasteiger partial charge in [-0.15, -0.1) is 22.7 Å². The van der Waals surface area contributed by atoms with Gasteiger partial charge in [-0.25, -0.2) is 9.97 Å². The number of imidazole rings is 1. The van der Waals surface area contributed by atoms with Crippen molar-refractivity contribution in [2.24, 2.45) is 0 Å². The molecular weight excluding hydrogens is 288 g/mol. The molecule has 0 aliphatic carbocycles. The lowest BCUT2D eigenvalue weighted by atomic mass is 10.1. The van der Waals surface area contributed by atoms with E-state index in [1.54, 1.807) is 22.7 Å². The highest BCUT2D eigenvalue weighted by Gasteiger charge is 2.18. The lowest BCUT2D eigenvalue weighted by Crippen LogP contribution is -2.23. The maximum atomic E-state index is 4.68. The summed E-state index contributed by atoms with van der Waals surface area (Å²) in [5, 5.41) is 6.75. The molecule has 3 rings (SSSR count). The Hall–Kier alpha value is -1.24. The minimum atomic E-state index is 0.302. The minimum absolute atomic E-state index is 0.302. The molecule has 0 amide bonds. The number of nitrogens with one attached hydrogen (secondary N) is 1. The molecule has 0 saturated heterocycles. The van der Waals surface area contributed by atoms with Crippen LogP contribution in [0.25, 0.3) is 4.96 Å². The van der Waals surface area contributed by atoms with E-state index in [1.165, 1.54) is 4.88 Å². The predicted molar refractivity (Wildman–Crippen MR) is 84.8 cm³/mol. The zero-order valence-electron chi connectivity index (χ0n) is 11.9. The number of aryl methyl sites for hydroxylation is 2. The first-order valence-corrected chi connectivity index (χ1v) is 8.45. The SMILES string of the molecule is CCNC(Cc1cn2ccsc2n1)c1sc(C)nc1C. The molecule has 0 spiro atoms. The Morgan fingerprint density at radius 1 is 1.35 bits per heavy atom. The molecule has 1 atom stereocenters. The van der Waals surface area contributed by atoms with Gasteiger partial charge in [0, 0.05) is 35.1 Å². The van der Waals surface area contributed by atoms with E-state index in [2.05, 4.69) is 58.2 Å². The number of likely N-dealkylation sites (N-methyl/N-ethyl adjacent to an activating group) is 1. The topological polar surface area (TPSA) is 42.2 Å². The summed E-state index contributed by atoms with van der Waals surface area (Å²) >= 11 is 3.46. The second kappa shape index (κ2) is 5.63. The van der Waals surface area contributed by atoms with Crippen molar-refractivity contribution in [2.75, 3.05) is 6.54 Å². The Morgan fingerprint density at radius 2 is 2.20 bits per heavy atom. The van der Waals surface area contributed by atoms with Crippen molar-refractivity contribution in [1.82, 2.24) is 19.7 Å². The Morgan fingerprint density at radius 3 is 2.85 bits per heavy atom. The molecule has 0 fully saturated rings. The van der Waals surface area contributed by atoms with Crippen LogP contribution in [0.15, 0.2) is 17.8 Å². The monoisotopic (exact) mass is 306 g/mol. The molecule has 106 valence electrons. The number of hydrogen-bond donors (Lipinski definition) is 1. The lowest BCUT2D eigenvalue weighted by Gasteiger charge is -2.15. The van der Waals surface area contributed by atoms with Gasteiger partial charge in [0.05, 0.1) is 16.4 Å². The number of nitrogens with zero attached hydrogens (tertiary/aromatic N) is 3. The molecular formula is C14H18N4S2. The predicted octanol–water partition coefficient (Wildman–Crippen LogP) is 3.36. The maximum Gasteiger partial charge on any atom is 0.193 e. The first-order valence-electron chi connectivity index (χ1n) is 6.75. The molecule has 0 radical (unpaired) electrons. The molecule has 0 saturated carbocycles. The van der Waals surface area contributed by atoms with Crippen LogP contribution in [0.3, 0.4) is 0 Å². The van der Waals surface area contributed by atoms with Gasteiger partial charge in [0.2, 0.25) is 0 Å². The molecule has 20 heavy (non-hydrogen) atoms. The molecule has 6 heteroatoms. The molecule has 3 aromatic heterocycles. The van der Waals surface area contributed by atoms with E-state index in [9.17, 15) is 0 Å². The number of fused-ring (bicyclic) bond motifs is 1. The summed E-state index contributed by atoms with van der Waals surface area (Å²) in [5.74, 6) is 0. The number of aromatic nitrogens is 3. The first kappa shape index (κ1) is 13.7. The van der Waals surface area contributed by atoms with Crippen LogP contribution in [-0.2, 0) is 6.42 Å². The van der Waals surface area contributed by atoms with Crippen molar-refractivity contribution in [3.05, 3.63) is 39.0 Å². The van der Waals surface area contributed by atoms with E-state index in [0.717, 1.165) is 34.3 Å². The summed E-state index contributed by atoms with van der Waals surface area (Å²) in [6.07, 6.45) is 5.09. The van der Waals surface area contributed by atoms with E-state index in [0.29, 0.717) is 6.04 Å². The van der Waals surface area contributed by atoms with Crippen LogP contribution in [0.1, 0.15) is 34.2 Å².